The molecule has 3 aromatic rings. The molecular weight excluding hydrogens is 312 g/mol. The van der Waals surface area contributed by atoms with Gasteiger partial charge in [-0.3, -0.25) is 0 Å². The second-order valence-corrected chi connectivity index (χ2v) is 5.60. The van der Waals surface area contributed by atoms with Crippen LogP contribution in [0.25, 0.3) is 23.2 Å². The minimum absolute atomic E-state index is 0.472. The summed E-state index contributed by atoms with van der Waals surface area (Å²) < 4.78 is 3.92. The van der Waals surface area contributed by atoms with Crippen molar-refractivity contribution in [2.75, 3.05) is 11.5 Å². The van der Waals surface area contributed by atoms with E-state index >= 15 is 0 Å². The van der Waals surface area contributed by atoms with Gasteiger partial charge in [0.05, 0.1) is 22.4 Å². The van der Waals surface area contributed by atoms with Crippen LogP contribution in [0.5, 0.6) is 0 Å². The maximum Gasteiger partial charge on any atom is 0.201 e. The molecule has 0 unspecified atom stereocenters. The van der Waals surface area contributed by atoms with Crippen molar-refractivity contribution >= 4 is 35.1 Å². The van der Waals surface area contributed by atoms with E-state index in [0.717, 1.165) is 22.4 Å². The molecule has 0 saturated heterocycles. The van der Waals surface area contributed by atoms with Gasteiger partial charge in [0, 0.05) is 13.1 Å². The summed E-state index contributed by atoms with van der Waals surface area (Å²) in [5, 5.41) is 0. The smallest absolute Gasteiger partial charge is 0.201 e. The van der Waals surface area contributed by atoms with E-state index in [0.29, 0.717) is 25.0 Å². The van der Waals surface area contributed by atoms with E-state index in [9.17, 15) is 0 Å². The zero-order valence-corrected chi connectivity index (χ0v) is 14.3. The average molecular weight is 334 g/mol. The highest BCUT2D eigenvalue weighted by Crippen LogP contribution is 2.18. The van der Waals surface area contributed by atoms with Crippen LogP contribution in [0, 0.1) is 0 Å². The summed E-state index contributed by atoms with van der Waals surface area (Å²) >= 11 is 0. The van der Waals surface area contributed by atoms with Crippen LogP contribution in [0.15, 0.2) is 49.1 Å². The van der Waals surface area contributed by atoms with Crippen molar-refractivity contribution in [2.45, 2.75) is 20.0 Å². The summed E-state index contributed by atoms with van der Waals surface area (Å²) in [6.45, 7) is 7.02. The zero-order chi connectivity index (χ0) is 17.8. The van der Waals surface area contributed by atoms with Crippen molar-refractivity contribution in [1.29, 1.82) is 0 Å². The first-order valence-corrected chi connectivity index (χ1v) is 8.12. The van der Waals surface area contributed by atoms with Crippen LogP contribution < -0.4 is 11.5 Å². The molecule has 3 rings (SSSR count). The quantitative estimate of drug-likeness (QED) is 0.677. The summed E-state index contributed by atoms with van der Waals surface area (Å²) in [7, 11) is 0. The van der Waals surface area contributed by atoms with E-state index in [2.05, 4.69) is 22.6 Å². The summed E-state index contributed by atoms with van der Waals surface area (Å²) in [5.41, 5.74) is 15.7. The second-order valence-electron chi connectivity index (χ2n) is 5.60. The molecule has 1 aromatic carbocycles. The molecule has 2 heterocycles. The molecule has 0 aliphatic rings. The fraction of sp³-hybridized carbons (Fsp3) is 0.158. The Morgan fingerprint density at radius 2 is 1.72 bits per heavy atom. The van der Waals surface area contributed by atoms with Crippen LogP contribution in [0.4, 0.5) is 11.9 Å². The number of nitrogens with zero attached hydrogens (tertiary/aromatic N) is 4. The number of nitrogen functional groups attached to an aromatic ring is 2. The zero-order valence-electron chi connectivity index (χ0n) is 14.3. The van der Waals surface area contributed by atoms with Gasteiger partial charge in [-0.25, -0.2) is 9.97 Å². The Kier molecular flexibility index (Phi) is 4.70. The molecule has 2 aromatic heterocycles. The molecule has 0 saturated carbocycles. The normalized spacial score (nSPS) is 11.9. The molecule has 0 fully saturated rings. The molecule has 0 atom stereocenters. The molecule has 25 heavy (non-hydrogen) atoms. The highest BCUT2D eigenvalue weighted by atomic mass is 15.2. The standard InChI is InChI=1S/C19H22N6/c1-3-9-16-14(4-2)22-18(20)24(16)12-7-8-13-25-17-11-6-5-10-15(17)23-19(25)21/h3-11H,2,12-13H2,1H3,(H2,20,22)(H2,21,23)/b8-7+,9-3-. The molecule has 0 bridgehead atoms. The third-order valence-electron chi connectivity index (χ3n) is 4.01. The van der Waals surface area contributed by atoms with Crippen LogP contribution >= 0.6 is 0 Å². The topological polar surface area (TPSA) is 87.7 Å². The van der Waals surface area contributed by atoms with Gasteiger partial charge < -0.3 is 20.6 Å². The molecule has 6 nitrogen and oxygen atoms in total. The molecule has 128 valence electrons. The lowest BCUT2D eigenvalue weighted by Gasteiger charge is -2.05. The number of para-hydroxylation sites is 2. The molecule has 6 heteroatoms. The number of allylic oxidation sites excluding steroid dienone is 3. The average Bonchev–Trinajstić information content (AvgIpc) is 3.09. The van der Waals surface area contributed by atoms with Gasteiger partial charge in [-0.2, -0.15) is 0 Å². The number of nitrogens with two attached hydrogens (primary N) is 2. The van der Waals surface area contributed by atoms with Gasteiger partial charge in [0.15, 0.2) is 0 Å². The van der Waals surface area contributed by atoms with Gasteiger partial charge in [-0.15, -0.1) is 0 Å². The third-order valence-corrected chi connectivity index (χ3v) is 4.01. The summed E-state index contributed by atoms with van der Waals surface area (Å²) in [5.74, 6) is 0.983. The highest BCUT2D eigenvalue weighted by Gasteiger charge is 2.09. The van der Waals surface area contributed by atoms with Crippen molar-refractivity contribution in [1.82, 2.24) is 19.1 Å². The monoisotopic (exact) mass is 334 g/mol. The molecule has 0 aliphatic heterocycles. The predicted molar refractivity (Wildman–Crippen MR) is 105 cm³/mol. The fourth-order valence-corrected chi connectivity index (χ4v) is 2.82. The number of anilines is 2. The lowest BCUT2D eigenvalue weighted by Crippen LogP contribution is -2.05. The summed E-state index contributed by atoms with van der Waals surface area (Å²) in [4.78, 5) is 8.70. The van der Waals surface area contributed by atoms with Gasteiger partial charge in [0.1, 0.15) is 0 Å². The number of hydrogen-bond donors (Lipinski definition) is 2. The van der Waals surface area contributed by atoms with E-state index in [1.165, 1.54) is 0 Å². The van der Waals surface area contributed by atoms with E-state index < -0.39 is 0 Å². The van der Waals surface area contributed by atoms with E-state index in [-0.39, 0.29) is 0 Å². The SMILES string of the molecule is C=Cc1nc(N)n(C/C=C/Cn2c(N)nc3ccccc32)c1/C=C\C. The summed E-state index contributed by atoms with van der Waals surface area (Å²) in [6, 6.07) is 7.91. The predicted octanol–water partition coefficient (Wildman–Crippen LogP) is 3.33. The van der Waals surface area contributed by atoms with Crippen molar-refractivity contribution in [3.63, 3.8) is 0 Å². The molecule has 0 spiro atoms. The van der Waals surface area contributed by atoms with Gasteiger partial charge >= 0.3 is 0 Å². The Morgan fingerprint density at radius 1 is 1.04 bits per heavy atom. The third kappa shape index (κ3) is 3.19. The van der Waals surface area contributed by atoms with Crippen molar-refractivity contribution < 1.29 is 0 Å². The molecular formula is C19H22N6. The number of hydrogen-bond acceptors (Lipinski definition) is 4. The number of benzene rings is 1. The van der Waals surface area contributed by atoms with Gasteiger partial charge in [-0.1, -0.05) is 36.9 Å². The lowest BCUT2D eigenvalue weighted by atomic mass is 10.3. The Morgan fingerprint density at radius 3 is 2.44 bits per heavy atom. The maximum absolute atomic E-state index is 6.02. The first kappa shape index (κ1) is 16.6. The van der Waals surface area contributed by atoms with Crippen molar-refractivity contribution in [3.05, 3.63) is 60.5 Å². The number of rotatable bonds is 6. The maximum atomic E-state index is 6.02. The van der Waals surface area contributed by atoms with Gasteiger partial charge in [0.25, 0.3) is 0 Å². The molecule has 0 radical (unpaired) electrons. The first-order chi connectivity index (χ1) is 12.2. The van der Waals surface area contributed by atoms with Crippen LogP contribution in [0.3, 0.4) is 0 Å². The van der Waals surface area contributed by atoms with Crippen LogP contribution in [-0.2, 0) is 13.1 Å². The number of fused-ring (bicyclic) bond motifs is 1. The molecule has 0 amide bonds. The summed E-state index contributed by atoms with van der Waals surface area (Å²) in [6.07, 6.45) is 9.75. The van der Waals surface area contributed by atoms with E-state index in [4.69, 9.17) is 11.5 Å². The Balaban J connectivity index is 1.79. The van der Waals surface area contributed by atoms with Gasteiger partial charge in [-0.05, 0) is 31.2 Å². The minimum Gasteiger partial charge on any atom is -0.369 e. The van der Waals surface area contributed by atoms with E-state index in [1.807, 2.05) is 58.6 Å². The van der Waals surface area contributed by atoms with Crippen molar-refractivity contribution in [3.8, 4) is 0 Å². The van der Waals surface area contributed by atoms with Crippen LogP contribution in [-0.4, -0.2) is 19.1 Å². The van der Waals surface area contributed by atoms with Crippen LogP contribution in [0.2, 0.25) is 0 Å². The minimum atomic E-state index is 0.472. The fourth-order valence-electron chi connectivity index (χ4n) is 2.82. The largest absolute Gasteiger partial charge is 0.369 e. The number of imidazole rings is 2. The molecule has 0 aliphatic carbocycles. The lowest BCUT2D eigenvalue weighted by molar-refractivity contribution is 0.808. The first-order valence-electron chi connectivity index (χ1n) is 8.12. The van der Waals surface area contributed by atoms with E-state index in [1.54, 1.807) is 6.08 Å². The van der Waals surface area contributed by atoms with Gasteiger partial charge in [0.2, 0.25) is 11.9 Å². The number of aromatic nitrogens is 4. The Bertz CT molecular complexity index is 958. The highest BCUT2D eigenvalue weighted by molar-refractivity contribution is 5.78. The second kappa shape index (κ2) is 7.09. The molecule has 4 N–H and O–H groups in total. The Labute approximate surface area is 146 Å². The van der Waals surface area contributed by atoms with Crippen molar-refractivity contribution in [2.24, 2.45) is 0 Å². The van der Waals surface area contributed by atoms with Crippen LogP contribution in [0.1, 0.15) is 18.3 Å². The Hall–Kier alpha value is -3.28.